The second-order valence-corrected chi connectivity index (χ2v) is 9.58. The maximum Gasteiger partial charge on any atom is 0.326 e. The molecular weight excluding hydrogens is 432 g/mol. The standard InChI is InChI=1S/C26H44N4O4/c1-4-20(5-2)17-24(32)29-23(26(33)34)13-16-30(18-19(3)31)15-7-6-10-22-12-11-21-9-8-14-27-25(21)28-22/h11-12,19-20,23,31H,4-10,13-18H2,1-3H3,(H,27,28)(H,29,32)(H,33,34). The topological polar surface area (TPSA) is 115 Å². The Balaban J connectivity index is 1.80. The molecule has 4 N–H and O–H groups in total. The predicted molar refractivity (Wildman–Crippen MR) is 135 cm³/mol. The average molecular weight is 477 g/mol. The molecule has 34 heavy (non-hydrogen) atoms. The molecule has 1 aliphatic heterocycles. The van der Waals surface area contributed by atoms with Gasteiger partial charge in [-0.25, -0.2) is 9.78 Å². The lowest BCUT2D eigenvalue weighted by Crippen LogP contribution is -2.44. The molecule has 2 unspecified atom stereocenters. The van der Waals surface area contributed by atoms with Gasteiger partial charge in [0.05, 0.1) is 6.10 Å². The Morgan fingerprint density at radius 3 is 2.65 bits per heavy atom. The number of pyridine rings is 1. The van der Waals surface area contributed by atoms with Crippen molar-refractivity contribution < 1.29 is 19.8 Å². The number of unbranched alkanes of at least 4 members (excludes halogenated alkanes) is 1. The highest BCUT2D eigenvalue weighted by atomic mass is 16.4. The fourth-order valence-electron chi connectivity index (χ4n) is 4.48. The summed E-state index contributed by atoms with van der Waals surface area (Å²) >= 11 is 0. The number of fused-ring (bicyclic) bond motifs is 1. The Bertz CT molecular complexity index is 767. The highest BCUT2D eigenvalue weighted by Gasteiger charge is 2.22. The number of hydrogen-bond acceptors (Lipinski definition) is 6. The molecule has 8 heteroatoms. The first-order valence-electron chi connectivity index (χ1n) is 13.0. The van der Waals surface area contributed by atoms with E-state index >= 15 is 0 Å². The summed E-state index contributed by atoms with van der Waals surface area (Å²) in [7, 11) is 0. The monoisotopic (exact) mass is 476 g/mol. The van der Waals surface area contributed by atoms with E-state index in [2.05, 4.69) is 27.7 Å². The lowest BCUT2D eigenvalue weighted by molar-refractivity contribution is -0.142. The number of aryl methyl sites for hydroxylation is 2. The Morgan fingerprint density at radius 1 is 1.21 bits per heavy atom. The molecule has 0 saturated heterocycles. The Kier molecular flexibility index (Phi) is 12.3. The third-order valence-electron chi connectivity index (χ3n) is 6.63. The fourth-order valence-corrected chi connectivity index (χ4v) is 4.48. The van der Waals surface area contributed by atoms with Crippen LogP contribution in [0.1, 0.15) is 77.0 Å². The molecule has 8 nitrogen and oxygen atoms in total. The second kappa shape index (κ2) is 14.9. The van der Waals surface area contributed by atoms with Crippen LogP contribution in [0.25, 0.3) is 0 Å². The maximum atomic E-state index is 12.3. The largest absolute Gasteiger partial charge is 0.480 e. The highest BCUT2D eigenvalue weighted by molar-refractivity contribution is 5.83. The molecule has 192 valence electrons. The number of aromatic nitrogens is 1. The van der Waals surface area contributed by atoms with E-state index in [1.807, 2.05) is 13.8 Å². The Labute approximate surface area is 204 Å². The number of carboxylic acids is 1. The van der Waals surface area contributed by atoms with Gasteiger partial charge in [-0.2, -0.15) is 0 Å². The summed E-state index contributed by atoms with van der Waals surface area (Å²) < 4.78 is 0. The van der Waals surface area contributed by atoms with E-state index in [9.17, 15) is 19.8 Å². The number of carbonyl (C=O) groups excluding carboxylic acids is 1. The first-order valence-corrected chi connectivity index (χ1v) is 13.0. The van der Waals surface area contributed by atoms with Crippen LogP contribution in [0.3, 0.4) is 0 Å². The molecule has 0 fully saturated rings. The SMILES string of the molecule is CCC(CC)CC(=O)NC(CCN(CCCCc1ccc2c(n1)NCCC2)CC(C)O)C(=O)O. The number of rotatable bonds is 16. The fraction of sp³-hybridized carbons (Fsp3) is 0.731. The number of aliphatic hydroxyl groups excluding tert-OH is 1. The second-order valence-electron chi connectivity index (χ2n) is 9.58. The molecule has 0 radical (unpaired) electrons. The number of aliphatic carboxylic acids is 1. The van der Waals surface area contributed by atoms with E-state index in [0.29, 0.717) is 25.9 Å². The van der Waals surface area contributed by atoms with Crippen molar-refractivity contribution in [1.29, 1.82) is 0 Å². The molecule has 2 atom stereocenters. The molecule has 1 aromatic heterocycles. The van der Waals surface area contributed by atoms with Crippen LogP contribution in [-0.2, 0) is 22.4 Å². The van der Waals surface area contributed by atoms with E-state index in [1.54, 1.807) is 6.92 Å². The molecule has 0 aromatic carbocycles. The van der Waals surface area contributed by atoms with E-state index in [1.165, 1.54) is 5.56 Å². The number of carboxylic acid groups (broad SMARTS) is 1. The van der Waals surface area contributed by atoms with Crippen molar-refractivity contribution in [1.82, 2.24) is 15.2 Å². The van der Waals surface area contributed by atoms with Crippen molar-refractivity contribution in [3.05, 3.63) is 23.4 Å². The molecule has 1 amide bonds. The molecule has 1 aromatic rings. The smallest absolute Gasteiger partial charge is 0.326 e. The van der Waals surface area contributed by atoms with Crippen LogP contribution in [-0.4, -0.2) is 70.3 Å². The summed E-state index contributed by atoms with van der Waals surface area (Å²) in [5.74, 6) is 0.0872. The number of aliphatic hydroxyl groups is 1. The number of nitrogens with zero attached hydrogens (tertiary/aromatic N) is 2. The van der Waals surface area contributed by atoms with Crippen molar-refractivity contribution in [3.63, 3.8) is 0 Å². The Morgan fingerprint density at radius 2 is 1.97 bits per heavy atom. The van der Waals surface area contributed by atoms with Gasteiger partial charge in [-0.15, -0.1) is 0 Å². The number of carbonyl (C=O) groups is 2. The van der Waals surface area contributed by atoms with Gasteiger partial charge in [0.1, 0.15) is 11.9 Å². The van der Waals surface area contributed by atoms with Gasteiger partial charge in [-0.1, -0.05) is 32.8 Å². The molecule has 0 aliphatic carbocycles. The van der Waals surface area contributed by atoms with Crippen LogP contribution in [0.4, 0.5) is 5.82 Å². The van der Waals surface area contributed by atoms with E-state index < -0.39 is 18.1 Å². The van der Waals surface area contributed by atoms with Crippen molar-refractivity contribution in [2.24, 2.45) is 5.92 Å². The van der Waals surface area contributed by atoms with E-state index in [4.69, 9.17) is 4.98 Å². The third-order valence-corrected chi connectivity index (χ3v) is 6.63. The van der Waals surface area contributed by atoms with Gasteiger partial charge in [-0.3, -0.25) is 4.79 Å². The summed E-state index contributed by atoms with van der Waals surface area (Å²) in [6.07, 6.45) is 7.01. The summed E-state index contributed by atoms with van der Waals surface area (Å²) in [5.41, 5.74) is 2.37. The molecule has 0 bridgehead atoms. The van der Waals surface area contributed by atoms with Crippen LogP contribution in [0.2, 0.25) is 0 Å². The minimum Gasteiger partial charge on any atom is -0.480 e. The first kappa shape index (κ1) is 28.1. The van der Waals surface area contributed by atoms with Gasteiger partial charge in [0.15, 0.2) is 0 Å². The van der Waals surface area contributed by atoms with Crippen LogP contribution in [0.15, 0.2) is 12.1 Å². The molecule has 0 spiro atoms. The number of hydrogen-bond donors (Lipinski definition) is 4. The maximum absolute atomic E-state index is 12.3. The zero-order valence-electron chi connectivity index (χ0n) is 21.2. The summed E-state index contributed by atoms with van der Waals surface area (Å²) in [6.45, 7) is 8.56. The van der Waals surface area contributed by atoms with Gasteiger partial charge in [-0.05, 0) is 69.5 Å². The number of amides is 1. The molecule has 2 heterocycles. The minimum absolute atomic E-state index is 0.199. The molecular formula is C26H44N4O4. The van der Waals surface area contributed by atoms with Crippen LogP contribution >= 0.6 is 0 Å². The van der Waals surface area contributed by atoms with Crippen LogP contribution < -0.4 is 10.6 Å². The molecule has 1 aliphatic rings. The van der Waals surface area contributed by atoms with Crippen molar-refractivity contribution in [2.45, 2.75) is 90.7 Å². The molecule has 0 saturated carbocycles. The van der Waals surface area contributed by atoms with Crippen molar-refractivity contribution >= 4 is 17.7 Å². The van der Waals surface area contributed by atoms with Crippen LogP contribution in [0.5, 0.6) is 0 Å². The van der Waals surface area contributed by atoms with Gasteiger partial charge >= 0.3 is 5.97 Å². The number of anilines is 1. The van der Waals surface area contributed by atoms with Crippen molar-refractivity contribution in [2.75, 3.05) is 31.5 Å². The summed E-state index contributed by atoms with van der Waals surface area (Å²) in [5, 5.41) is 25.6. The summed E-state index contributed by atoms with van der Waals surface area (Å²) in [6, 6.07) is 3.37. The number of nitrogens with one attached hydrogen (secondary N) is 2. The zero-order chi connectivity index (χ0) is 24.9. The van der Waals surface area contributed by atoms with Gasteiger partial charge in [0.2, 0.25) is 5.91 Å². The highest BCUT2D eigenvalue weighted by Crippen LogP contribution is 2.20. The predicted octanol–water partition coefficient (Wildman–Crippen LogP) is 3.23. The minimum atomic E-state index is -1.01. The lowest BCUT2D eigenvalue weighted by Gasteiger charge is -2.26. The third kappa shape index (κ3) is 9.97. The Hall–Kier alpha value is -2.19. The normalized spacial score (nSPS) is 15.0. The van der Waals surface area contributed by atoms with Gasteiger partial charge in [0, 0.05) is 31.7 Å². The molecule has 2 rings (SSSR count). The van der Waals surface area contributed by atoms with Crippen molar-refractivity contribution in [3.8, 4) is 0 Å². The average Bonchev–Trinajstić information content (AvgIpc) is 2.81. The van der Waals surface area contributed by atoms with E-state index in [0.717, 1.165) is 69.5 Å². The van der Waals surface area contributed by atoms with E-state index in [-0.39, 0.29) is 11.8 Å². The first-order chi connectivity index (χ1) is 16.3. The quantitative estimate of drug-likeness (QED) is 0.271. The summed E-state index contributed by atoms with van der Waals surface area (Å²) in [4.78, 5) is 30.9. The van der Waals surface area contributed by atoms with Gasteiger partial charge < -0.3 is 25.7 Å². The van der Waals surface area contributed by atoms with Crippen LogP contribution in [0, 0.1) is 5.92 Å². The van der Waals surface area contributed by atoms with Gasteiger partial charge in [0.25, 0.3) is 0 Å². The zero-order valence-corrected chi connectivity index (χ0v) is 21.2. The lowest BCUT2D eigenvalue weighted by atomic mass is 9.99.